The maximum Gasteiger partial charge on any atom is 0.326 e. The van der Waals surface area contributed by atoms with E-state index < -0.39 is 78.2 Å². The van der Waals surface area contributed by atoms with Crippen molar-refractivity contribution in [1.82, 2.24) is 25.3 Å². The molecule has 1 aliphatic rings. The molecule has 0 bridgehead atoms. The molecule has 2 rings (SSSR count). The van der Waals surface area contributed by atoms with Crippen LogP contribution >= 0.6 is 0 Å². The molecule has 15 heteroatoms. The van der Waals surface area contributed by atoms with Gasteiger partial charge in [0.1, 0.15) is 29.9 Å². The van der Waals surface area contributed by atoms with E-state index in [9.17, 15) is 44.1 Å². The van der Waals surface area contributed by atoms with Gasteiger partial charge in [-0.25, -0.2) is 4.79 Å². The predicted octanol–water partition coefficient (Wildman–Crippen LogP) is -0.0802. The number of nitrogens with zero attached hydrogens (tertiary/aromatic N) is 3. The van der Waals surface area contributed by atoms with Gasteiger partial charge in [-0.2, -0.15) is 0 Å². The largest absolute Gasteiger partial charge is 0.505 e. The molecule has 0 aromatic heterocycles. The second-order valence-electron chi connectivity index (χ2n) is 12.5. The van der Waals surface area contributed by atoms with Crippen LogP contribution in [0.3, 0.4) is 0 Å². The summed E-state index contributed by atoms with van der Waals surface area (Å²) in [5.74, 6) is -5.58. The first-order valence-corrected chi connectivity index (χ1v) is 15.2. The molecule has 0 saturated carbocycles. The van der Waals surface area contributed by atoms with Gasteiger partial charge in [-0.1, -0.05) is 33.8 Å². The number of carboxylic acids is 1. The number of aliphatic hydroxyl groups is 1. The molecular weight excluding hydrogens is 600 g/mol. The van der Waals surface area contributed by atoms with E-state index in [0.29, 0.717) is 18.4 Å². The normalized spacial score (nSPS) is 17.2. The summed E-state index contributed by atoms with van der Waals surface area (Å²) < 4.78 is 0. The van der Waals surface area contributed by atoms with Gasteiger partial charge in [-0.05, 0) is 50.2 Å². The van der Waals surface area contributed by atoms with E-state index in [4.69, 9.17) is 5.73 Å². The maximum absolute atomic E-state index is 13.8. The minimum Gasteiger partial charge on any atom is -0.505 e. The highest BCUT2D eigenvalue weighted by atomic mass is 16.4. The number of aliphatic hydroxyl groups excluding tert-OH is 1. The number of benzene rings is 1. The number of likely N-dealkylation sites (N-methyl/N-ethyl adjacent to an activating group) is 2. The molecule has 7 N–H and O–H groups in total. The van der Waals surface area contributed by atoms with Crippen molar-refractivity contribution in [3.63, 3.8) is 0 Å². The molecule has 1 aromatic rings. The van der Waals surface area contributed by atoms with Gasteiger partial charge in [-0.3, -0.25) is 24.0 Å². The maximum atomic E-state index is 13.8. The van der Waals surface area contributed by atoms with Crippen LogP contribution in [0.2, 0.25) is 0 Å². The Kier molecular flexibility index (Phi) is 12.9. The number of aromatic hydroxyl groups is 1. The number of nitrogen functional groups attached to an aromatic ring is 1. The summed E-state index contributed by atoms with van der Waals surface area (Å²) >= 11 is 0. The van der Waals surface area contributed by atoms with E-state index in [1.807, 2.05) is 0 Å². The SMILES string of the molecule is Cc1ccc(C(=O)NC(C(=O)NC(C(=O)N2CCCC2C(=O)N(C)CC(=O)N(C)C(C(=O)O)C(C)C)C(C)C)C(C)O)c(N)c1O. The zero-order chi connectivity index (χ0) is 35.2. The summed E-state index contributed by atoms with van der Waals surface area (Å²) in [6, 6.07) is -1.77. The predicted molar refractivity (Wildman–Crippen MR) is 168 cm³/mol. The average Bonchev–Trinajstić information content (AvgIpc) is 3.45. The van der Waals surface area contributed by atoms with Crippen molar-refractivity contribution in [2.45, 2.75) is 84.7 Å². The molecule has 5 atom stereocenters. The summed E-state index contributed by atoms with van der Waals surface area (Å²) in [6.07, 6.45) is -0.568. The minimum absolute atomic E-state index is 0.104. The van der Waals surface area contributed by atoms with Crippen molar-refractivity contribution in [1.29, 1.82) is 0 Å². The van der Waals surface area contributed by atoms with Gasteiger partial charge in [0.25, 0.3) is 5.91 Å². The van der Waals surface area contributed by atoms with E-state index in [1.165, 1.54) is 38.1 Å². The Bertz CT molecular complexity index is 1330. The molecule has 0 radical (unpaired) electrons. The summed E-state index contributed by atoms with van der Waals surface area (Å²) in [5, 5.41) is 35.0. The van der Waals surface area contributed by atoms with Gasteiger partial charge in [-0.15, -0.1) is 0 Å². The Labute approximate surface area is 269 Å². The molecular formula is C31H48N6O9. The molecule has 5 amide bonds. The van der Waals surface area contributed by atoms with Crippen LogP contribution in [0.1, 0.15) is 63.4 Å². The number of carboxylic acid groups (broad SMARTS) is 1. The summed E-state index contributed by atoms with van der Waals surface area (Å²) in [4.78, 5) is 81.7. The van der Waals surface area contributed by atoms with Crippen LogP contribution in [0.5, 0.6) is 5.75 Å². The second kappa shape index (κ2) is 15.7. The van der Waals surface area contributed by atoms with Gasteiger partial charge in [0.05, 0.1) is 23.9 Å². The number of likely N-dealkylation sites (tertiary alicyclic amines) is 1. The molecule has 1 heterocycles. The summed E-state index contributed by atoms with van der Waals surface area (Å²) in [5.41, 5.74) is 6.03. The molecule has 1 fully saturated rings. The van der Waals surface area contributed by atoms with Crippen LogP contribution in [0.15, 0.2) is 12.1 Å². The number of phenolic OH excluding ortho intramolecular Hbond substituents is 1. The fraction of sp³-hybridized carbons (Fsp3) is 0.613. The van der Waals surface area contributed by atoms with Crippen molar-refractivity contribution >= 4 is 41.2 Å². The molecule has 1 aromatic carbocycles. The number of hydrogen-bond donors (Lipinski definition) is 6. The lowest BCUT2D eigenvalue weighted by Gasteiger charge is -2.34. The second-order valence-corrected chi connectivity index (χ2v) is 12.5. The molecule has 46 heavy (non-hydrogen) atoms. The van der Waals surface area contributed by atoms with E-state index in [2.05, 4.69) is 10.6 Å². The quantitative estimate of drug-likeness (QED) is 0.123. The van der Waals surface area contributed by atoms with Crippen LogP contribution in [0.25, 0.3) is 0 Å². The number of anilines is 1. The third-order valence-corrected chi connectivity index (χ3v) is 8.21. The van der Waals surface area contributed by atoms with Crippen LogP contribution < -0.4 is 16.4 Å². The fourth-order valence-corrected chi connectivity index (χ4v) is 5.46. The van der Waals surface area contributed by atoms with Gasteiger partial charge < -0.3 is 46.4 Å². The Morgan fingerprint density at radius 2 is 1.61 bits per heavy atom. The number of carbonyl (C=O) groups excluding carboxylic acids is 5. The van der Waals surface area contributed by atoms with Crippen LogP contribution in [0.4, 0.5) is 5.69 Å². The van der Waals surface area contributed by atoms with Crippen molar-refractivity contribution in [3.05, 3.63) is 23.3 Å². The van der Waals surface area contributed by atoms with Gasteiger partial charge in [0.15, 0.2) is 0 Å². The number of rotatable bonds is 13. The number of phenols is 1. The van der Waals surface area contributed by atoms with Crippen LogP contribution in [-0.4, -0.2) is 123 Å². The third kappa shape index (κ3) is 8.65. The highest BCUT2D eigenvalue weighted by Gasteiger charge is 2.41. The Morgan fingerprint density at radius 3 is 2.13 bits per heavy atom. The lowest BCUT2D eigenvalue weighted by atomic mass is 10.0. The van der Waals surface area contributed by atoms with Gasteiger partial charge in [0.2, 0.25) is 23.6 Å². The molecule has 256 valence electrons. The number of hydrogen-bond acceptors (Lipinski definition) is 9. The molecule has 1 aliphatic heterocycles. The fourth-order valence-electron chi connectivity index (χ4n) is 5.46. The number of aryl methyl sites for hydroxylation is 1. The van der Waals surface area contributed by atoms with E-state index in [0.717, 1.165) is 9.80 Å². The highest BCUT2D eigenvalue weighted by molar-refractivity contribution is 6.03. The van der Waals surface area contributed by atoms with Crippen LogP contribution in [-0.2, 0) is 24.0 Å². The molecule has 5 unspecified atom stereocenters. The topological polar surface area (TPSA) is 223 Å². The lowest BCUT2D eigenvalue weighted by molar-refractivity contribution is -0.153. The minimum atomic E-state index is -1.49. The lowest BCUT2D eigenvalue weighted by Crippen LogP contribution is -2.60. The van der Waals surface area contributed by atoms with E-state index in [-0.39, 0.29) is 29.5 Å². The number of nitrogens with one attached hydrogen (secondary N) is 2. The average molecular weight is 649 g/mol. The van der Waals surface area contributed by atoms with Crippen molar-refractivity contribution in [2.75, 3.05) is 32.9 Å². The molecule has 0 spiro atoms. The Balaban J connectivity index is 2.19. The molecule has 15 nitrogen and oxygen atoms in total. The monoisotopic (exact) mass is 648 g/mol. The first kappa shape index (κ1) is 37.8. The van der Waals surface area contributed by atoms with Gasteiger partial charge >= 0.3 is 5.97 Å². The standard InChI is InChI=1S/C31H48N6O9/c1-15(2)23(33-28(42)24(18(6)38)34-27(41)19-12-11-17(5)26(40)22(19)32)30(44)37-13-9-10-20(37)29(43)35(7)14-21(39)36(8)25(16(3)4)31(45)46/h11-12,15-16,18,20,23-25,38,40H,9-10,13-14,32H2,1-8H3,(H,33,42)(H,34,41)(H,45,46). The zero-order valence-electron chi connectivity index (χ0n) is 27.7. The van der Waals surface area contributed by atoms with Crippen LogP contribution in [0, 0.1) is 18.8 Å². The smallest absolute Gasteiger partial charge is 0.326 e. The highest BCUT2D eigenvalue weighted by Crippen LogP contribution is 2.28. The first-order valence-electron chi connectivity index (χ1n) is 15.2. The number of nitrogens with two attached hydrogens (primary N) is 1. The van der Waals surface area contributed by atoms with Gasteiger partial charge in [0, 0.05) is 20.6 Å². The summed E-state index contributed by atoms with van der Waals surface area (Å²) in [7, 11) is 2.77. The van der Waals surface area contributed by atoms with Crippen molar-refractivity contribution in [3.8, 4) is 5.75 Å². The number of carbonyl (C=O) groups is 6. The Morgan fingerprint density at radius 1 is 1.00 bits per heavy atom. The third-order valence-electron chi connectivity index (χ3n) is 8.21. The van der Waals surface area contributed by atoms with E-state index >= 15 is 0 Å². The number of aliphatic carboxylic acids is 1. The van der Waals surface area contributed by atoms with E-state index in [1.54, 1.807) is 34.6 Å². The molecule has 0 aliphatic carbocycles. The van der Waals surface area contributed by atoms with Crippen molar-refractivity contribution < 1.29 is 44.1 Å². The first-order chi connectivity index (χ1) is 21.3. The number of amides is 5. The zero-order valence-corrected chi connectivity index (χ0v) is 27.7. The summed E-state index contributed by atoms with van der Waals surface area (Å²) in [6.45, 7) is 9.44. The van der Waals surface area contributed by atoms with Crippen molar-refractivity contribution in [2.24, 2.45) is 11.8 Å². The Hall–Kier alpha value is -4.40. The molecule has 1 saturated heterocycles.